The summed E-state index contributed by atoms with van der Waals surface area (Å²) in [7, 11) is 0. The fourth-order valence-corrected chi connectivity index (χ4v) is 7.79. The first kappa shape index (κ1) is 26.1. The molecule has 47 heavy (non-hydrogen) atoms. The van der Waals surface area contributed by atoms with E-state index in [2.05, 4.69) is 151 Å². The van der Waals surface area contributed by atoms with Crippen LogP contribution in [0, 0.1) is 0 Å². The quantitative estimate of drug-likeness (QED) is 0.145. The van der Waals surface area contributed by atoms with E-state index in [0.29, 0.717) is 0 Å². The molecule has 0 atom stereocenters. The van der Waals surface area contributed by atoms with Crippen molar-refractivity contribution in [3.8, 4) is 16.8 Å². The lowest BCUT2D eigenvalue weighted by Gasteiger charge is -2.12. The Balaban J connectivity index is 1.24. The standard InChI is InChI=1S/C45H29NO/c1-2-10-28-19-22-36-40-27-30(29-20-23-35-33-13-4-3-11-31(33)32-12-5-6-14-34(32)39(35)26-29)21-24-41(40)46(43(36)25-28)42-17-9-16-38-37-15-7-8-18-44(37)47-45(38)42/h2-9,11-27H,1,10H2. The molecule has 0 unspecified atom stereocenters. The first-order valence-electron chi connectivity index (χ1n) is 16.2. The van der Waals surface area contributed by atoms with Gasteiger partial charge >= 0.3 is 0 Å². The maximum absolute atomic E-state index is 6.55. The Morgan fingerprint density at radius 1 is 0.468 bits per heavy atom. The van der Waals surface area contributed by atoms with Gasteiger partial charge in [-0.1, -0.05) is 115 Å². The summed E-state index contributed by atoms with van der Waals surface area (Å²) in [6, 6.07) is 53.0. The van der Waals surface area contributed by atoms with Crippen LogP contribution in [0.25, 0.3) is 92.9 Å². The lowest BCUT2D eigenvalue weighted by Crippen LogP contribution is -1.95. The third-order valence-electron chi connectivity index (χ3n) is 9.91. The molecule has 2 heteroatoms. The average molecular weight is 600 g/mol. The summed E-state index contributed by atoms with van der Waals surface area (Å²) in [4.78, 5) is 0. The molecule has 8 aromatic carbocycles. The molecule has 0 radical (unpaired) electrons. The Morgan fingerprint density at radius 2 is 1.06 bits per heavy atom. The van der Waals surface area contributed by atoms with E-state index >= 15 is 0 Å². The van der Waals surface area contributed by atoms with Crippen LogP contribution in [0.3, 0.4) is 0 Å². The fraction of sp³-hybridized carbons (Fsp3) is 0.0222. The molecule has 0 amide bonds. The molecule has 0 N–H and O–H groups in total. The Bertz CT molecular complexity index is 2870. The van der Waals surface area contributed by atoms with E-state index in [4.69, 9.17) is 4.42 Å². The molecule has 0 aliphatic rings. The van der Waals surface area contributed by atoms with Crippen molar-refractivity contribution >= 4 is 76.1 Å². The Morgan fingerprint density at radius 3 is 1.81 bits per heavy atom. The highest BCUT2D eigenvalue weighted by Gasteiger charge is 2.19. The number of allylic oxidation sites excluding steroid dienone is 1. The van der Waals surface area contributed by atoms with Gasteiger partial charge in [0.1, 0.15) is 5.58 Å². The second kappa shape index (κ2) is 9.94. The molecule has 0 saturated heterocycles. The smallest absolute Gasteiger partial charge is 0.159 e. The molecule has 220 valence electrons. The predicted molar refractivity (Wildman–Crippen MR) is 200 cm³/mol. The Hall–Kier alpha value is -6.12. The molecule has 0 spiro atoms. The van der Waals surface area contributed by atoms with Crippen molar-refractivity contribution < 1.29 is 4.42 Å². The minimum absolute atomic E-state index is 0.817. The van der Waals surface area contributed by atoms with Crippen molar-refractivity contribution in [3.63, 3.8) is 0 Å². The van der Waals surface area contributed by atoms with Crippen LogP contribution >= 0.6 is 0 Å². The third kappa shape index (κ3) is 3.79. The molecular formula is C45H29NO. The van der Waals surface area contributed by atoms with Gasteiger partial charge in [-0.3, -0.25) is 0 Å². The normalized spacial score (nSPS) is 12.0. The van der Waals surface area contributed by atoms with Crippen LogP contribution in [0.15, 0.2) is 163 Å². The first-order chi connectivity index (χ1) is 23.3. The number of nitrogens with zero attached hydrogens (tertiary/aromatic N) is 1. The van der Waals surface area contributed by atoms with Gasteiger partial charge in [0.15, 0.2) is 5.58 Å². The van der Waals surface area contributed by atoms with Gasteiger partial charge in [-0.25, -0.2) is 0 Å². The number of furan rings is 1. The van der Waals surface area contributed by atoms with Gasteiger partial charge < -0.3 is 8.98 Å². The predicted octanol–water partition coefficient (Wildman–Crippen LogP) is 12.5. The van der Waals surface area contributed by atoms with Crippen molar-refractivity contribution in [1.29, 1.82) is 0 Å². The minimum Gasteiger partial charge on any atom is -0.454 e. The highest BCUT2D eigenvalue weighted by Crippen LogP contribution is 2.41. The van der Waals surface area contributed by atoms with E-state index in [0.717, 1.165) is 39.6 Å². The highest BCUT2D eigenvalue weighted by atomic mass is 16.3. The topological polar surface area (TPSA) is 18.1 Å². The number of aromatic nitrogens is 1. The van der Waals surface area contributed by atoms with Crippen LogP contribution in [0.2, 0.25) is 0 Å². The van der Waals surface area contributed by atoms with Gasteiger partial charge in [-0.05, 0) is 91.8 Å². The van der Waals surface area contributed by atoms with Crippen LogP contribution in [0.1, 0.15) is 5.56 Å². The molecule has 2 nitrogen and oxygen atoms in total. The second-order valence-corrected chi connectivity index (χ2v) is 12.5. The molecule has 0 fully saturated rings. The van der Waals surface area contributed by atoms with Crippen molar-refractivity contribution in [2.75, 3.05) is 0 Å². The van der Waals surface area contributed by atoms with Crippen molar-refractivity contribution in [2.45, 2.75) is 6.42 Å². The second-order valence-electron chi connectivity index (χ2n) is 12.5. The Labute approximate surface area is 271 Å². The first-order valence-corrected chi connectivity index (χ1v) is 16.2. The van der Waals surface area contributed by atoms with Crippen molar-refractivity contribution in [3.05, 3.63) is 164 Å². The monoisotopic (exact) mass is 599 g/mol. The number of rotatable bonds is 4. The van der Waals surface area contributed by atoms with Crippen LogP contribution < -0.4 is 0 Å². The number of para-hydroxylation sites is 2. The van der Waals surface area contributed by atoms with E-state index in [1.807, 2.05) is 12.1 Å². The number of benzene rings is 8. The third-order valence-corrected chi connectivity index (χ3v) is 9.91. The largest absolute Gasteiger partial charge is 0.454 e. The average Bonchev–Trinajstić information content (AvgIpc) is 3.67. The van der Waals surface area contributed by atoms with Crippen LogP contribution in [0.5, 0.6) is 0 Å². The number of fused-ring (bicyclic) bond motifs is 12. The van der Waals surface area contributed by atoms with Gasteiger partial charge in [0.05, 0.1) is 16.7 Å². The van der Waals surface area contributed by atoms with Gasteiger partial charge in [0.25, 0.3) is 0 Å². The van der Waals surface area contributed by atoms with E-state index in [1.54, 1.807) is 0 Å². The molecular weight excluding hydrogens is 571 g/mol. The molecule has 0 aliphatic heterocycles. The maximum atomic E-state index is 6.55. The van der Waals surface area contributed by atoms with E-state index in [1.165, 1.54) is 65.3 Å². The highest BCUT2D eigenvalue weighted by molar-refractivity contribution is 6.26. The summed E-state index contributed by atoms with van der Waals surface area (Å²) < 4.78 is 8.93. The lowest BCUT2D eigenvalue weighted by molar-refractivity contribution is 0.666. The summed E-state index contributed by atoms with van der Waals surface area (Å²) in [6.45, 7) is 4.01. The van der Waals surface area contributed by atoms with Gasteiger partial charge in [-0.2, -0.15) is 0 Å². The van der Waals surface area contributed by atoms with Gasteiger partial charge in [0, 0.05) is 21.5 Å². The Kier molecular flexibility index (Phi) is 5.53. The zero-order valence-corrected chi connectivity index (χ0v) is 25.7. The van der Waals surface area contributed by atoms with Gasteiger partial charge in [-0.15, -0.1) is 6.58 Å². The number of hydrogen-bond acceptors (Lipinski definition) is 1. The molecule has 10 aromatic rings. The number of hydrogen-bond donors (Lipinski definition) is 0. The summed E-state index contributed by atoms with van der Waals surface area (Å²) >= 11 is 0. The van der Waals surface area contributed by atoms with E-state index in [-0.39, 0.29) is 0 Å². The summed E-state index contributed by atoms with van der Waals surface area (Å²) in [5.41, 5.74) is 8.83. The zero-order valence-electron chi connectivity index (χ0n) is 25.7. The molecule has 2 heterocycles. The van der Waals surface area contributed by atoms with Gasteiger partial charge in [0.2, 0.25) is 0 Å². The summed E-state index contributed by atoms with van der Waals surface area (Å²) in [5, 5.41) is 12.4. The molecule has 0 aliphatic carbocycles. The SMILES string of the molecule is C=CCc1ccc2c3cc(-c4ccc5c6ccccc6c6ccccc6c5c4)ccc3n(-c3cccc4c3oc3ccccc34)c2c1. The summed E-state index contributed by atoms with van der Waals surface area (Å²) in [5.74, 6) is 0. The van der Waals surface area contributed by atoms with E-state index < -0.39 is 0 Å². The van der Waals surface area contributed by atoms with Crippen LogP contribution in [-0.2, 0) is 6.42 Å². The van der Waals surface area contributed by atoms with Crippen molar-refractivity contribution in [2.24, 2.45) is 0 Å². The summed E-state index contributed by atoms with van der Waals surface area (Å²) in [6.07, 6.45) is 2.79. The fourth-order valence-electron chi connectivity index (χ4n) is 7.79. The maximum Gasteiger partial charge on any atom is 0.159 e. The molecule has 0 saturated carbocycles. The van der Waals surface area contributed by atoms with Crippen molar-refractivity contribution in [1.82, 2.24) is 4.57 Å². The molecule has 2 aromatic heterocycles. The zero-order chi connectivity index (χ0) is 31.1. The molecule has 10 rings (SSSR count). The minimum atomic E-state index is 0.817. The van der Waals surface area contributed by atoms with Crippen LogP contribution in [0.4, 0.5) is 0 Å². The molecule has 0 bridgehead atoms. The lowest BCUT2D eigenvalue weighted by atomic mass is 9.92. The van der Waals surface area contributed by atoms with E-state index in [9.17, 15) is 0 Å². The van der Waals surface area contributed by atoms with Crippen LogP contribution in [-0.4, -0.2) is 4.57 Å².